The molecular formula is C14H15F4NO. The number of carbonyl (C=O) groups is 1. The molecule has 0 spiro atoms. The summed E-state index contributed by atoms with van der Waals surface area (Å²) in [7, 11) is 0. The van der Waals surface area contributed by atoms with Crippen LogP contribution >= 0.6 is 0 Å². The lowest BCUT2D eigenvalue weighted by atomic mass is 10.1. The van der Waals surface area contributed by atoms with Gasteiger partial charge in [-0.2, -0.15) is 13.2 Å². The van der Waals surface area contributed by atoms with Gasteiger partial charge < -0.3 is 4.90 Å². The first-order valence-corrected chi connectivity index (χ1v) is 6.42. The average Bonchev–Trinajstić information content (AvgIpc) is 3.18. The maximum Gasteiger partial charge on any atom is 0.406 e. The minimum Gasteiger partial charge on any atom is -0.326 e. The van der Waals surface area contributed by atoms with Gasteiger partial charge in [0.15, 0.2) is 0 Å². The van der Waals surface area contributed by atoms with Gasteiger partial charge in [0.25, 0.3) is 5.91 Å². The Kier molecular flexibility index (Phi) is 4.01. The molecule has 6 heteroatoms. The lowest BCUT2D eigenvalue weighted by molar-refractivity contribution is -0.144. The maximum atomic E-state index is 13.6. The third-order valence-corrected chi connectivity index (χ3v) is 3.51. The molecule has 0 radical (unpaired) electrons. The minimum absolute atomic E-state index is 0.0769. The van der Waals surface area contributed by atoms with Crippen molar-refractivity contribution in [2.45, 2.75) is 32.0 Å². The largest absolute Gasteiger partial charge is 0.406 e. The molecule has 0 bridgehead atoms. The summed E-state index contributed by atoms with van der Waals surface area (Å²) in [6.07, 6.45) is -2.88. The second kappa shape index (κ2) is 5.42. The number of halogens is 4. The number of rotatable bonds is 4. The van der Waals surface area contributed by atoms with Crippen molar-refractivity contribution < 1.29 is 22.4 Å². The molecule has 1 fully saturated rings. The highest BCUT2D eigenvalue weighted by Gasteiger charge is 2.41. The third kappa shape index (κ3) is 3.49. The number of amides is 1. The molecule has 1 unspecified atom stereocenters. The zero-order chi connectivity index (χ0) is 14.9. The van der Waals surface area contributed by atoms with Crippen molar-refractivity contribution in [1.29, 1.82) is 0 Å². The van der Waals surface area contributed by atoms with Gasteiger partial charge in [0.2, 0.25) is 0 Å². The van der Waals surface area contributed by atoms with Crippen LogP contribution in [0.4, 0.5) is 17.6 Å². The average molecular weight is 289 g/mol. The lowest BCUT2D eigenvalue weighted by Gasteiger charge is -2.30. The van der Waals surface area contributed by atoms with E-state index in [1.54, 1.807) is 6.92 Å². The van der Waals surface area contributed by atoms with Crippen LogP contribution in [-0.4, -0.2) is 29.6 Å². The first-order chi connectivity index (χ1) is 9.29. The van der Waals surface area contributed by atoms with Crippen LogP contribution in [-0.2, 0) is 0 Å². The maximum absolute atomic E-state index is 13.6. The lowest BCUT2D eigenvalue weighted by Crippen LogP contribution is -2.45. The Balaban J connectivity index is 2.25. The molecule has 1 aliphatic rings. The summed E-state index contributed by atoms with van der Waals surface area (Å²) in [5, 5.41) is 0. The highest BCUT2D eigenvalue weighted by molar-refractivity contribution is 5.94. The minimum atomic E-state index is -4.50. The van der Waals surface area contributed by atoms with Gasteiger partial charge in [0.05, 0.1) is 5.56 Å². The molecule has 20 heavy (non-hydrogen) atoms. The topological polar surface area (TPSA) is 20.3 Å². The van der Waals surface area contributed by atoms with Crippen molar-refractivity contribution in [1.82, 2.24) is 4.90 Å². The molecular weight excluding hydrogens is 274 g/mol. The summed E-state index contributed by atoms with van der Waals surface area (Å²) in [6, 6.07) is 4.57. The van der Waals surface area contributed by atoms with Gasteiger partial charge in [-0.15, -0.1) is 0 Å². The highest BCUT2D eigenvalue weighted by Crippen LogP contribution is 2.36. The van der Waals surface area contributed by atoms with Crippen LogP contribution in [0, 0.1) is 11.7 Å². The molecule has 0 saturated heterocycles. The van der Waals surface area contributed by atoms with Crippen LogP contribution in [0.1, 0.15) is 30.1 Å². The Morgan fingerprint density at radius 1 is 1.35 bits per heavy atom. The van der Waals surface area contributed by atoms with E-state index in [0.29, 0.717) is 0 Å². The molecule has 1 atom stereocenters. The summed E-state index contributed by atoms with van der Waals surface area (Å²) >= 11 is 0. The molecule has 1 aromatic carbocycles. The van der Waals surface area contributed by atoms with Crippen molar-refractivity contribution >= 4 is 5.91 Å². The number of nitrogens with zero attached hydrogens (tertiary/aromatic N) is 1. The predicted octanol–water partition coefficient (Wildman–Crippen LogP) is 3.63. The third-order valence-electron chi connectivity index (χ3n) is 3.51. The molecule has 1 amide bonds. The first kappa shape index (κ1) is 14.8. The number of hydrogen-bond acceptors (Lipinski definition) is 1. The molecule has 0 N–H and O–H groups in total. The molecule has 0 aliphatic heterocycles. The van der Waals surface area contributed by atoms with Gasteiger partial charge >= 0.3 is 6.18 Å². The molecule has 110 valence electrons. The Hall–Kier alpha value is -1.59. The quantitative estimate of drug-likeness (QED) is 0.775. The highest BCUT2D eigenvalue weighted by atomic mass is 19.4. The summed E-state index contributed by atoms with van der Waals surface area (Å²) < 4.78 is 51.5. The predicted molar refractivity (Wildman–Crippen MR) is 65.7 cm³/mol. The van der Waals surface area contributed by atoms with Crippen LogP contribution in [0.15, 0.2) is 24.3 Å². The number of carbonyl (C=O) groups excluding carboxylic acids is 1. The standard InChI is InChI=1S/C14H15F4NO/c1-9(10-6-7-10)19(8-14(16,17)18)13(20)11-4-2-3-5-12(11)15/h2-5,9-10H,6-8H2,1H3. The fourth-order valence-corrected chi connectivity index (χ4v) is 2.22. The Bertz CT molecular complexity index is 496. The van der Waals surface area contributed by atoms with E-state index in [2.05, 4.69) is 0 Å². The second-order valence-electron chi connectivity index (χ2n) is 5.11. The van der Waals surface area contributed by atoms with Crippen LogP contribution < -0.4 is 0 Å². The van der Waals surface area contributed by atoms with Crippen molar-refractivity contribution in [2.75, 3.05) is 6.54 Å². The zero-order valence-electron chi connectivity index (χ0n) is 11.0. The van der Waals surface area contributed by atoms with E-state index in [1.807, 2.05) is 0 Å². The Morgan fingerprint density at radius 2 is 1.95 bits per heavy atom. The van der Waals surface area contributed by atoms with E-state index in [-0.39, 0.29) is 11.5 Å². The summed E-state index contributed by atoms with van der Waals surface area (Å²) in [4.78, 5) is 12.9. The van der Waals surface area contributed by atoms with Gasteiger partial charge in [-0.1, -0.05) is 12.1 Å². The van der Waals surface area contributed by atoms with Crippen molar-refractivity contribution in [3.63, 3.8) is 0 Å². The van der Waals surface area contributed by atoms with E-state index >= 15 is 0 Å². The van der Waals surface area contributed by atoms with E-state index in [4.69, 9.17) is 0 Å². The van der Waals surface area contributed by atoms with E-state index in [0.717, 1.165) is 23.8 Å². The van der Waals surface area contributed by atoms with Crippen molar-refractivity contribution in [3.05, 3.63) is 35.6 Å². The molecule has 1 aromatic rings. The molecule has 2 rings (SSSR count). The fraction of sp³-hybridized carbons (Fsp3) is 0.500. The van der Waals surface area contributed by atoms with Gasteiger partial charge in [-0.05, 0) is 37.8 Å². The zero-order valence-corrected chi connectivity index (χ0v) is 11.0. The number of hydrogen-bond donors (Lipinski definition) is 0. The molecule has 1 saturated carbocycles. The molecule has 0 heterocycles. The summed E-state index contributed by atoms with van der Waals surface area (Å²) in [5.41, 5.74) is -0.316. The normalized spacial score (nSPS) is 16.9. The van der Waals surface area contributed by atoms with Gasteiger partial charge in [0, 0.05) is 6.04 Å². The van der Waals surface area contributed by atoms with E-state index < -0.39 is 30.5 Å². The molecule has 1 aliphatic carbocycles. The molecule has 2 nitrogen and oxygen atoms in total. The smallest absolute Gasteiger partial charge is 0.326 e. The van der Waals surface area contributed by atoms with Gasteiger partial charge in [-0.25, -0.2) is 4.39 Å². The van der Waals surface area contributed by atoms with E-state index in [1.165, 1.54) is 18.2 Å². The van der Waals surface area contributed by atoms with Crippen LogP contribution in [0.5, 0.6) is 0 Å². The fourth-order valence-electron chi connectivity index (χ4n) is 2.22. The number of benzene rings is 1. The van der Waals surface area contributed by atoms with Crippen molar-refractivity contribution in [3.8, 4) is 0 Å². The summed E-state index contributed by atoms with van der Waals surface area (Å²) in [5.74, 6) is -1.62. The van der Waals surface area contributed by atoms with Gasteiger partial charge in [-0.3, -0.25) is 4.79 Å². The van der Waals surface area contributed by atoms with Gasteiger partial charge in [0.1, 0.15) is 12.4 Å². The van der Waals surface area contributed by atoms with E-state index in [9.17, 15) is 22.4 Å². The monoisotopic (exact) mass is 289 g/mol. The van der Waals surface area contributed by atoms with Crippen LogP contribution in [0.3, 0.4) is 0 Å². The van der Waals surface area contributed by atoms with Crippen LogP contribution in [0.2, 0.25) is 0 Å². The Morgan fingerprint density at radius 3 is 2.45 bits per heavy atom. The second-order valence-corrected chi connectivity index (χ2v) is 5.11. The first-order valence-electron chi connectivity index (χ1n) is 6.42. The van der Waals surface area contributed by atoms with Crippen LogP contribution in [0.25, 0.3) is 0 Å². The summed E-state index contributed by atoms with van der Waals surface area (Å²) in [6.45, 7) is 0.236. The molecule has 0 aromatic heterocycles. The van der Waals surface area contributed by atoms with Crippen molar-refractivity contribution in [2.24, 2.45) is 5.92 Å². The number of alkyl halides is 3. The Labute approximate surface area is 114 Å². The SMILES string of the molecule is CC(C1CC1)N(CC(F)(F)F)C(=O)c1ccccc1F.